The first-order chi connectivity index (χ1) is 19.5. The lowest BCUT2D eigenvalue weighted by Crippen LogP contribution is -2.39. The van der Waals surface area contributed by atoms with Crippen LogP contribution in [0.3, 0.4) is 0 Å². The molecule has 0 heterocycles. The van der Waals surface area contributed by atoms with E-state index in [9.17, 15) is 33.6 Å². The Balaban J connectivity index is 3.83. The van der Waals surface area contributed by atoms with Crippen molar-refractivity contribution in [3.63, 3.8) is 0 Å². The number of rotatable bonds is 14. The van der Waals surface area contributed by atoms with E-state index in [0.717, 1.165) is 13.8 Å². The Morgan fingerprint density at radius 1 is 0.714 bits per heavy atom. The first-order valence-corrected chi connectivity index (χ1v) is 15.3. The molecular weight excluding hydrogens is 901 g/mol. The van der Waals surface area contributed by atoms with Gasteiger partial charge in [0.25, 0.3) is 11.8 Å². The van der Waals surface area contributed by atoms with Gasteiger partial charge in [0.2, 0.25) is 0 Å². The molecule has 2 amide bonds. The molecule has 0 aliphatic rings. The van der Waals surface area contributed by atoms with Crippen molar-refractivity contribution in [3.05, 3.63) is 16.3 Å². The van der Waals surface area contributed by atoms with Gasteiger partial charge in [-0.15, -0.1) is 0 Å². The number of halogens is 3. The van der Waals surface area contributed by atoms with E-state index in [2.05, 4.69) is 5.32 Å². The maximum atomic E-state index is 13.3. The first kappa shape index (κ1) is 37.7. The Kier molecular flexibility index (Phi) is 16.5. The smallest absolute Gasteiger partial charge is 0.303 e. The lowest BCUT2D eigenvalue weighted by Gasteiger charge is -2.29. The minimum atomic E-state index is -0.933. The molecular formula is C25H29I3N2O12. The van der Waals surface area contributed by atoms with Gasteiger partial charge in [0.1, 0.15) is 19.3 Å². The monoisotopic (exact) mass is 930 g/mol. The summed E-state index contributed by atoms with van der Waals surface area (Å²) in [5, 5.41) is 2.69. The molecule has 1 aromatic carbocycles. The van der Waals surface area contributed by atoms with Crippen molar-refractivity contribution in [1.82, 2.24) is 0 Å². The van der Waals surface area contributed by atoms with Crippen LogP contribution in [0.15, 0.2) is 0 Å². The van der Waals surface area contributed by atoms with Gasteiger partial charge in [-0.3, -0.25) is 33.6 Å². The third-order valence-corrected chi connectivity index (χ3v) is 8.29. The van der Waals surface area contributed by atoms with Crippen molar-refractivity contribution in [2.75, 3.05) is 43.2 Å². The molecule has 17 heteroatoms. The van der Waals surface area contributed by atoms with E-state index in [1.54, 1.807) is 0 Å². The SMILES string of the molecule is CC(=O)OCCN(C(=O)COC(C)=O)c1c(I)c(CC(COC(C)=O)OC(C)=O)c(I)c(NC(=O)COC(C)=O)c1I. The quantitative estimate of drug-likeness (QED) is 0.164. The van der Waals surface area contributed by atoms with E-state index < -0.39 is 61.0 Å². The Labute approximate surface area is 282 Å². The zero-order chi connectivity index (χ0) is 32.1. The standard InChI is InChI=1S/C25H29I3N2O12/c1-12(31)38-7-6-30(20(37)11-41-15(4)34)25-22(27)18(8-17(42-16(5)35)9-39-13(2)32)21(26)24(23(25)28)29-19(36)10-40-14(3)33/h17H,6-11H2,1-5H3,(H,29,36). The Hall–Kier alpha value is -2.30. The van der Waals surface area contributed by atoms with E-state index >= 15 is 0 Å². The fourth-order valence-electron chi connectivity index (χ4n) is 3.26. The number of nitrogens with zero attached hydrogens (tertiary/aromatic N) is 1. The maximum absolute atomic E-state index is 13.3. The van der Waals surface area contributed by atoms with Crippen LogP contribution in [-0.2, 0) is 63.7 Å². The lowest BCUT2D eigenvalue weighted by atomic mass is 10.0. The number of esters is 5. The van der Waals surface area contributed by atoms with Crippen LogP contribution in [0.4, 0.5) is 11.4 Å². The van der Waals surface area contributed by atoms with Crippen LogP contribution in [0.5, 0.6) is 0 Å². The molecule has 0 aliphatic heterocycles. The highest BCUT2D eigenvalue weighted by atomic mass is 127. The van der Waals surface area contributed by atoms with Crippen LogP contribution in [0, 0.1) is 10.7 Å². The van der Waals surface area contributed by atoms with Gasteiger partial charge in [-0.2, -0.15) is 0 Å². The molecule has 0 fully saturated rings. The summed E-state index contributed by atoms with van der Waals surface area (Å²) in [7, 11) is 0. The molecule has 0 saturated carbocycles. The highest BCUT2D eigenvalue weighted by Gasteiger charge is 2.30. The number of carbonyl (C=O) groups is 7. The molecule has 0 bridgehead atoms. The van der Waals surface area contributed by atoms with Crippen molar-refractivity contribution in [1.29, 1.82) is 0 Å². The van der Waals surface area contributed by atoms with Crippen LogP contribution in [0.2, 0.25) is 0 Å². The van der Waals surface area contributed by atoms with Gasteiger partial charge in [0, 0.05) is 48.2 Å². The van der Waals surface area contributed by atoms with E-state index in [1.807, 2.05) is 67.8 Å². The third kappa shape index (κ3) is 12.9. The van der Waals surface area contributed by atoms with Crippen LogP contribution in [0.25, 0.3) is 0 Å². The second kappa shape index (κ2) is 18.4. The van der Waals surface area contributed by atoms with E-state index in [1.165, 1.54) is 25.7 Å². The summed E-state index contributed by atoms with van der Waals surface area (Å²) in [5.41, 5.74) is 1.02. The zero-order valence-corrected chi connectivity index (χ0v) is 29.8. The number of amides is 2. The summed E-state index contributed by atoms with van der Waals surface area (Å²) in [4.78, 5) is 84.6. The van der Waals surface area contributed by atoms with E-state index in [0.29, 0.717) is 16.3 Å². The second-order valence-corrected chi connectivity index (χ2v) is 11.6. The number of ether oxygens (including phenoxy) is 5. The third-order valence-electron chi connectivity index (χ3n) is 4.88. The van der Waals surface area contributed by atoms with Gasteiger partial charge in [-0.1, -0.05) is 0 Å². The molecule has 0 saturated heterocycles. The predicted molar refractivity (Wildman–Crippen MR) is 171 cm³/mol. The summed E-state index contributed by atoms with van der Waals surface area (Å²) in [5.74, 6) is -4.49. The molecule has 42 heavy (non-hydrogen) atoms. The Morgan fingerprint density at radius 2 is 1.26 bits per heavy atom. The summed E-state index contributed by atoms with van der Waals surface area (Å²) >= 11 is 5.88. The average molecular weight is 930 g/mol. The van der Waals surface area contributed by atoms with Crippen molar-refractivity contribution in [2.45, 2.75) is 47.1 Å². The molecule has 232 valence electrons. The van der Waals surface area contributed by atoms with Crippen molar-refractivity contribution in [3.8, 4) is 0 Å². The van der Waals surface area contributed by atoms with Gasteiger partial charge in [0.15, 0.2) is 13.2 Å². The number of benzene rings is 1. The second-order valence-electron chi connectivity index (χ2n) is 8.38. The number of nitrogens with one attached hydrogen (secondary N) is 1. The molecule has 0 spiro atoms. The van der Waals surface area contributed by atoms with Crippen LogP contribution in [-0.4, -0.2) is 80.7 Å². The lowest BCUT2D eigenvalue weighted by molar-refractivity contribution is -0.156. The highest BCUT2D eigenvalue weighted by molar-refractivity contribution is 14.1. The van der Waals surface area contributed by atoms with Crippen molar-refractivity contribution >= 4 is 121 Å². The predicted octanol–water partition coefficient (Wildman–Crippen LogP) is 2.50. The molecule has 0 aliphatic carbocycles. The highest BCUT2D eigenvalue weighted by Crippen LogP contribution is 2.41. The molecule has 1 N–H and O–H groups in total. The molecule has 0 radical (unpaired) electrons. The normalized spacial score (nSPS) is 11.0. The van der Waals surface area contributed by atoms with Crippen LogP contribution < -0.4 is 10.2 Å². The topological polar surface area (TPSA) is 181 Å². The largest absolute Gasteiger partial charge is 0.464 e. The summed E-state index contributed by atoms with van der Waals surface area (Å²) in [6, 6.07) is 0. The maximum Gasteiger partial charge on any atom is 0.303 e. The molecule has 1 aromatic rings. The van der Waals surface area contributed by atoms with Gasteiger partial charge >= 0.3 is 29.8 Å². The molecule has 0 aromatic heterocycles. The van der Waals surface area contributed by atoms with Crippen LogP contribution in [0.1, 0.15) is 40.2 Å². The first-order valence-electron chi connectivity index (χ1n) is 12.0. The molecule has 1 atom stereocenters. The van der Waals surface area contributed by atoms with Gasteiger partial charge < -0.3 is 33.9 Å². The van der Waals surface area contributed by atoms with Gasteiger partial charge in [-0.25, -0.2) is 0 Å². The van der Waals surface area contributed by atoms with Gasteiger partial charge in [0.05, 0.1) is 21.5 Å². The fraction of sp³-hybridized carbons (Fsp3) is 0.480. The van der Waals surface area contributed by atoms with E-state index in [4.69, 9.17) is 23.7 Å². The zero-order valence-electron chi connectivity index (χ0n) is 23.3. The summed E-state index contributed by atoms with van der Waals surface area (Å²) < 4.78 is 26.5. The number of hydrogen-bond donors (Lipinski definition) is 1. The Morgan fingerprint density at radius 3 is 1.79 bits per heavy atom. The Bertz CT molecular complexity index is 1240. The molecule has 1 rings (SSSR count). The summed E-state index contributed by atoms with van der Waals surface area (Å²) in [6.45, 7) is 4.07. The minimum absolute atomic E-state index is 0.00390. The average Bonchev–Trinajstić information content (AvgIpc) is 2.87. The molecule has 1 unspecified atom stereocenters. The van der Waals surface area contributed by atoms with Crippen molar-refractivity contribution in [2.24, 2.45) is 0 Å². The number of carbonyl (C=O) groups excluding carboxylic acids is 7. The van der Waals surface area contributed by atoms with E-state index in [-0.39, 0.29) is 37.6 Å². The van der Waals surface area contributed by atoms with Crippen LogP contribution >= 0.6 is 67.8 Å². The molecule has 14 nitrogen and oxygen atoms in total. The number of anilines is 2. The van der Waals surface area contributed by atoms with Crippen molar-refractivity contribution < 1.29 is 57.2 Å². The minimum Gasteiger partial charge on any atom is -0.464 e. The number of hydrogen-bond acceptors (Lipinski definition) is 12. The fourth-order valence-corrected chi connectivity index (χ4v) is 7.72. The summed E-state index contributed by atoms with van der Waals surface area (Å²) in [6.07, 6.45) is -0.937. The van der Waals surface area contributed by atoms with Gasteiger partial charge in [-0.05, 0) is 73.3 Å².